The normalized spacial score (nSPS) is 10.3. The van der Waals surface area contributed by atoms with E-state index >= 15 is 0 Å². The van der Waals surface area contributed by atoms with Crippen molar-refractivity contribution in [2.45, 2.75) is 18.7 Å². The summed E-state index contributed by atoms with van der Waals surface area (Å²) in [5.74, 6) is 0.234. The van der Waals surface area contributed by atoms with E-state index in [-0.39, 0.29) is 5.97 Å². The number of nitrogens with zero attached hydrogens (tertiary/aromatic N) is 2. The highest BCUT2D eigenvalue weighted by molar-refractivity contribution is 7.98. The average molecular weight is 288 g/mol. The van der Waals surface area contributed by atoms with Gasteiger partial charge in [-0.1, -0.05) is 12.1 Å². The molecule has 0 radical (unpaired) electrons. The Balaban J connectivity index is 2.30. The molecule has 0 aliphatic rings. The van der Waals surface area contributed by atoms with Gasteiger partial charge in [-0.25, -0.2) is 14.8 Å². The Kier molecular flexibility index (Phi) is 4.74. The molecule has 0 N–H and O–H groups in total. The molecule has 5 heteroatoms. The van der Waals surface area contributed by atoms with Crippen LogP contribution in [0.3, 0.4) is 0 Å². The summed E-state index contributed by atoms with van der Waals surface area (Å²) in [4.78, 5) is 21.5. The number of ether oxygens (including phenoxy) is 1. The highest BCUT2D eigenvalue weighted by Crippen LogP contribution is 2.21. The molecule has 0 aliphatic carbocycles. The number of benzene rings is 1. The number of rotatable bonds is 4. The van der Waals surface area contributed by atoms with Crippen LogP contribution in [0.15, 0.2) is 35.4 Å². The van der Waals surface area contributed by atoms with Crippen LogP contribution >= 0.6 is 11.8 Å². The molecular weight excluding hydrogens is 272 g/mol. The molecule has 2 rings (SSSR count). The molecule has 0 bridgehead atoms. The fraction of sp³-hybridized carbons (Fsp3) is 0.267. The van der Waals surface area contributed by atoms with Crippen LogP contribution < -0.4 is 0 Å². The van der Waals surface area contributed by atoms with Gasteiger partial charge < -0.3 is 4.74 Å². The summed E-state index contributed by atoms with van der Waals surface area (Å²) in [6.07, 6.45) is 3.56. The summed E-state index contributed by atoms with van der Waals surface area (Å²) in [5, 5.41) is 0. The van der Waals surface area contributed by atoms with E-state index in [9.17, 15) is 4.79 Å². The first-order valence-corrected chi connectivity index (χ1v) is 7.53. The summed E-state index contributed by atoms with van der Waals surface area (Å²) in [6.45, 7) is 3.90. The van der Waals surface area contributed by atoms with Crippen LogP contribution in [-0.2, 0) is 4.74 Å². The van der Waals surface area contributed by atoms with E-state index in [1.54, 1.807) is 25.6 Å². The van der Waals surface area contributed by atoms with Gasteiger partial charge in [0.1, 0.15) is 0 Å². The molecule has 0 fully saturated rings. The summed E-state index contributed by atoms with van der Waals surface area (Å²) in [5.41, 5.74) is 1.97. The Hall–Kier alpha value is -1.88. The number of aromatic nitrogens is 2. The molecule has 1 heterocycles. The quantitative estimate of drug-likeness (QED) is 0.638. The highest BCUT2D eigenvalue weighted by atomic mass is 32.2. The lowest BCUT2D eigenvalue weighted by Gasteiger charge is -2.07. The fourth-order valence-corrected chi connectivity index (χ4v) is 2.16. The van der Waals surface area contributed by atoms with Gasteiger partial charge in [0.15, 0.2) is 5.82 Å². The second-order valence-corrected chi connectivity index (χ2v) is 5.02. The van der Waals surface area contributed by atoms with Gasteiger partial charge in [-0.05, 0) is 32.2 Å². The van der Waals surface area contributed by atoms with Crippen molar-refractivity contribution < 1.29 is 9.53 Å². The maximum Gasteiger partial charge on any atom is 0.341 e. The number of carbonyl (C=O) groups is 1. The van der Waals surface area contributed by atoms with Crippen molar-refractivity contribution >= 4 is 17.7 Å². The minimum absolute atomic E-state index is 0.343. The second kappa shape index (κ2) is 6.52. The smallest absolute Gasteiger partial charge is 0.341 e. The fourth-order valence-electron chi connectivity index (χ4n) is 1.76. The van der Waals surface area contributed by atoms with Gasteiger partial charge >= 0.3 is 5.97 Å². The molecule has 0 atom stereocenters. The first-order valence-electron chi connectivity index (χ1n) is 6.31. The lowest BCUT2D eigenvalue weighted by Crippen LogP contribution is -2.09. The van der Waals surface area contributed by atoms with E-state index in [0.29, 0.717) is 23.7 Å². The maximum absolute atomic E-state index is 11.7. The predicted molar refractivity (Wildman–Crippen MR) is 79.9 cm³/mol. The number of carbonyl (C=O) groups excluding carboxylic acids is 1. The van der Waals surface area contributed by atoms with Gasteiger partial charge in [-0.15, -0.1) is 11.8 Å². The first-order chi connectivity index (χ1) is 9.65. The summed E-state index contributed by atoms with van der Waals surface area (Å²) < 4.78 is 4.96. The van der Waals surface area contributed by atoms with Crippen LogP contribution in [0.4, 0.5) is 0 Å². The summed E-state index contributed by atoms with van der Waals surface area (Å²) in [6, 6.07) is 8.01. The van der Waals surface area contributed by atoms with Gasteiger partial charge in [0.25, 0.3) is 0 Å². The molecule has 104 valence electrons. The standard InChI is InChI=1S/C15H16N2O2S/c1-4-19-15(18)13-9-16-14(17-10(13)2)11-5-7-12(20-3)8-6-11/h5-9H,4H2,1-3H3. The van der Waals surface area contributed by atoms with Gasteiger partial charge in [-0.3, -0.25) is 0 Å². The molecule has 2 aromatic rings. The van der Waals surface area contributed by atoms with Gasteiger partial charge in [0.05, 0.1) is 17.9 Å². The van der Waals surface area contributed by atoms with E-state index in [4.69, 9.17) is 4.74 Å². The summed E-state index contributed by atoms with van der Waals surface area (Å²) >= 11 is 1.69. The third-order valence-corrected chi connectivity index (χ3v) is 3.57. The Bertz CT molecular complexity index is 612. The minimum atomic E-state index is -0.380. The zero-order valence-corrected chi connectivity index (χ0v) is 12.5. The summed E-state index contributed by atoms with van der Waals surface area (Å²) in [7, 11) is 0. The lowest BCUT2D eigenvalue weighted by atomic mass is 10.2. The largest absolute Gasteiger partial charge is 0.462 e. The third kappa shape index (κ3) is 3.17. The van der Waals surface area contributed by atoms with Crippen molar-refractivity contribution in [3.8, 4) is 11.4 Å². The van der Waals surface area contributed by atoms with E-state index < -0.39 is 0 Å². The van der Waals surface area contributed by atoms with Crippen LogP contribution in [0.1, 0.15) is 23.0 Å². The van der Waals surface area contributed by atoms with Crippen molar-refractivity contribution in [2.24, 2.45) is 0 Å². The zero-order chi connectivity index (χ0) is 14.5. The Labute approximate surface area is 122 Å². The van der Waals surface area contributed by atoms with Crippen molar-refractivity contribution in [3.63, 3.8) is 0 Å². The number of aryl methyl sites for hydroxylation is 1. The number of hydrogen-bond acceptors (Lipinski definition) is 5. The number of hydrogen-bond donors (Lipinski definition) is 0. The molecule has 0 amide bonds. The number of thioether (sulfide) groups is 1. The first kappa shape index (κ1) is 14.5. The van der Waals surface area contributed by atoms with Crippen molar-refractivity contribution in [1.82, 2.24) is 9.97 Å². The molecule has 1 aromatic carbocycles. The van der Waals surface area contributed by atoms with E-state index in [0.717, 1.165) is 5.56 Å². The minimum Gasteiger partial charge on any atom is -0.462 e. The Morgan fingerprint density at radius 3 is 2.55 bits per heavy atom. The Morgan fingerprint density at radius 2 is 2.00 bits per heavy atom. The molecule has 20 heavy (non-hydrogen) atoms. The predicted octanol–water partition coefficient (Wildman–Crippen LogP) is 3.35. The van der Waals surface area contributed by atoms with Crippen LogP contribution in [0, 0.1) is 6.92 Å². The Morgan fingerprint density at radius 1 is 1.30 bits per heavy atom. The lowest BCUT2D eigenvalue weighted by molar-refractivity contribution is 0.0524. The monoisotopic (exact) mass is 288 g/mol. The van der Waals surface area contributed by atoms with Gasteiger partial charge in [-0.2, -0.15) is 0 Å². The molecule has 0 spiro atoms. The number of esters is 1. The maximum atomic E-state index is 11.7. The van der Waals surface area contributed by atoms with Crippen molar-refractivity contribution in [2.75, 3.05) is 12.9 Å². The molecule has 0 aliphatic heterocycles. The van der Waals surface area contributed by atoms with Gasteiger partial charge in [0.2, 0.25) is 0 Å². The topological polar surface area (TPSA) is 52.1 Å². The van der Waals surface area contributed by atoms with E-state index in [1.165, 1.54) is 11.1 Å². The highest BCUT2D eigenvalue weighted by Gasteiger charge is 2.13. The molecule has 0 unspecified atom stereocenters. The van der Waals surface area contributed by atoms with Crippen LogP contribution in [-0.4, -0.2) is 28.8 Å². The van der Waals surface area contributed by atoms with Crippen molar-refractivity contribution in [3.05, 3.63) is 41.7 Å². The zero-order valence-electron chi connectivity index (χ0n) is 11.7. The molecule has 0 saturated heterocycles. The molecule has 4 nitrogen and oxygen atoms in total. The third-order valence-electron chi connectivity index (χ3n) is 2.82. The average Bonchev–Trinajstić information content (AvgIpc) is 2.47. The van der Waals surface area contributed by atoms with E-state index in [2.05, 4.69) is 9.97 Å². The van der Waals surface area contributed by atoms with Gasteiger partial charge in [0, 0.05) is 16.7 Å². The second-order valence-electron chi connectivity index (χ2n) is 4.14. The van der Waals surface area contributed by atoms with Crippen LogP contribution in [0.25, 0.3) is 11.4 Å². The molecule has 0 saturated carbocycles. The SMILES string of the molecule is CCOC(=O)c1cnc(-c2ccc(SC)cc2)nc1C. The molecule has 1 aromatic heterocycles. The van der Waals surface area contributed by atoms with E-state index in [1.807, 2.05) is 30.5 Å². The van der Waals surface area contributed by atoms with Crippen LogP contribution in [0.2, 0.25) is 0 Å². The molecular formula is C15H16N2O2S. The van der Waals surface area contributed by atoms with Crippen LogP contribution in [0.5, 0.6) is 0 Å². The van der Waals surface area contributed by atoms with Crippen molar-refractivity contribution in [1.29, 1.82) is 0 Å².